The maximum atomic E-state index is 12.9. The third-order valence-electron chi connectivity index (χ3n) is 5.07. The lowest BCUT2D eigenvalue weighted by Gasteiger charge is -2.24. The Labute approximate surface area is 157 Å². The number of anilines is 1. The molecule has 1 aromatic carbocycles. The Kier molecular flexibility index (Phi) is 5.21. The Balaban J connectivity index is 1.88. The van der Waals surface area contributed by atoms with Gasteiger partial charge in [-0.25, -0.2) is 4.79 Å². The number of hydrogen-bond acceptors (Lipinski definition) is 5. The number of benzene rings is 1. The first-order valence-corrected chi connectivity index (χ1v) is 8.92. The number of hydrogen-bond donors (Lipinski definition) is 2. The number of rotatable bonds is 6. The van der Waals surface area contributed by atoms with E-state index in [1.807, 2.05) is 26.0 Å². The number of esters is 1. The highest BCUT2D eigenvalue weighted by molar-refractivity contribution is 5.99. The molecule has 3 rings (SSSR count). The van der Waals surface area contributed by atoms with Gasteiger partial charge in [-0.05, 0) is 50.3 Å². The van der Waals surface area contributed by atoms with Crippen molar-refractivity contribution in [3.63, 3.8) is 0 Å². The fourth-order valence-corrected chi connectivity index (χ4v) is 3.96. The van der Waals surface area contributed by atoms with E-state index in [0.29, 0.717) is 17.9 Å². The molecule has 1 aromatic rings. The summed E-state index contributed by atoms with van der Waals surface area (Å²) in [6.07, 6.45) is 4.34. The first-order valence-electron chi connectivity index (χ1n) is 8.92. The van der Waals surface area contributed by atoms with E-state index in [-0.39, 0.29) is 29.4 Å². The molecule has 0 aromatic heterocycles. The van der Waals surface area contributed by atoms with Crippen molar-refractivity contribution >= 4 is 23.5 Å². The molecule has 7 nitrogen and oxygen atoms in total. The fraction of sp³-hybridized carbons (Fsp3) is 0.450. The number of fused-ring (bicyclic) bond motifs is 2. The van der Waals surface area contributed by atoms with E-state index in [0.717, 1.165) is 0 Å². The normalized spacial score (nSPS) is 25.5. The number of carbonyl (C=O) groups is 3. The van der Waals surface area contributed by atoms with E-state index in [1.165, 1.54) is 13.2 Å². The summed E-state index contributed by atoms with van der Waals surface area (Å²) in [6.45, 7) is 3.70. The second kappa shape index (κ2) is 7.42. The molecular formula is C20H23NO6. The molecule has 4 unspecified atom stereocenters. The number of amides is 1. The molecule has 0 radical (unpaired) electrons. The summed E-state index contributed by atoms with van der Waals surface area (Å²) in [6, 6.07) is 4.64. The summed E-state index contributed by atoms with van der Waals surface area (Å²) in [5.74, 6) is -3.05. The number of nitrogens with one attached hydrogen (secondary N) is 1. The van der Waals surface area contributed by atoms with Crippen LogP contribution in [0, 0.1) is 23.7 Å². The van der Waals surface area contributed by atoms with Gasteiger partial charge < -0.3 is 19.9 Å². The van der Waals surface area contributed by atoms with Crippen LogP contribution in [0.1, 0.15) is 30.6 Å². The maximum Gasteiger partial charge on any atom is 0.337 e. The highest BCUT2D eigenvalue weighted by Crippen LogP contribution is 2.48. The minimum Gasteiger partial charge on any atom is -0.489 e. The number of allylic oxidation sites excluding steroid dienone is 2. The molecule has 2 aliphatic carbocycles. The number of aliphatic carboxylic acids is 1. The van der Waals surface area contributed by atoms with Crippen LogP contribution in [0.15, 0.2) is 30.4 Å². The zero-order valence-corrected chi connectivity index (χ0v) is 15.5. The first-order chi connectivity index (χ1) is 12.8. The van der Waals surface area contributed by atoms with Crippen LogP contribution in [0.4, 0.5) is 5.69 Å². The topological polar surface area (TPSA) is 102 Å². The van der Waals surface area contributed by atoms with Gasteiger partial charge in [0.25, 0.3) is 0 Å². The molecule has 2 aliphatic rings. The molecule has 2 N–H and O–H groups in total. The van der Waals surface area contributed by atoms with Gasteiger partial charge in [-0.15, -0.1) is 0 Å². The van der Waals surface area contributed by atoms with E-state index >= 15 is 0 Å². The predicted molar refractivity (Wildman–Crippen MR) is 97.5 cm³/mol. The fourth-order valence-electron chi connectivity index (χ4n) is 3.96. The largest absolute Gasteiger partial charge is 0.489 e. The van der Waals surface area contributed by atoms with Crippen molar-refractivity contribution in [2.24, 2.45) is 23.7 Å². The van der Waals surface area contributed by atoms with Gasteiger partial charge in [0.05, 0.1) is 36.3 Å². The third-order valence-corrected chi connectivity index (χ3v) is 5.07. The van der Waals surface area contributed by atoms with E-state index < -0.39 is 23.8 Å². The lowest BCUT2D eigenvalue weighted by molar-refractivity contribution is -0.146. The van der Waals surface area contributed by atoms with Crippen molar-refractivity contribution in [3.05, 3.63) is 35.9 Å². The molecule has 1 saturated carbocycles. The molecule has 1 fully saturated rings. The Bertz CT molecular complexity index is 800. The van der Waals surface area contributed by atoms with Gasteiger partial charge in [0.1, 0.15) is 5.75 Å². The Morgan fingerprint density at radius 1 is 1.15 bits per heavy atom. The van der Waals surface area contributed by atoms with Crippen molar-refractivity contribution in [2.45, 2.75) is 26.4 Å². The standard InChI is InChI=1S/C20H23NO6/c1-10(2)27-15-7-6-13(20(25)26-3)9-14(15)21-18(22)16-11-4-5-12(8-11)17(16)19(23)24/h4-7,9-12,16-17H,8H2,1-3H3,(H,21,22)(H,23,24). The van der Waals surface area contributed by atoms with Crippen molar-refractivity contribution in [1.29, 1.82) is 0 Å². The van der Waals surface area contributed by atoms with Crippen LogP contribution < -0.4 is 10.1 Å². The summed E-state index contributed by atoms with van der Waals surface area (Å²) in [5, 5.41) is 12.3. The van der Waals surface area contributed by atoms with Crippen LogP contribution in [-0.4, -0.2) is 36.2 Å². The zero-order chi connectivity index (χ0) is 19.7. The number of carbonyl (C=O) groups excluding carboxylic acids is 2. The summed E-state index contributed by atoms with van der Waals surface area (Å²) in [7, 11) is 1.28. The molecule has 0 aliphatic heterocycles. The second-order valence-electron chi connectivity index (χ2n) is 7.20. The molecule has 0 saturated heterocycles. The Morgan fingerprint density at radius 2 is 1.81 bits per heavy atom. The molecular weight excluding hydrogens is 350 g/mol. The van der Waals surface area contributed by atoms with Crippen molar-refractivity contribution in [3.8, 4) is 5.75 Å². The van der Waals surface area contributed by atoms with Gasteiger partial charge in [0, 0.05) is 0 Å². The van der Waals surface area contributed by atoms with E-state index in [1.54, 1.807) is 12.1 Å². The lowest BCUT2D eigenvalue weighted by Crippen LogP contribution is -2.36. The summed E-state index contributed by atoms with van der Waals surface area (Å²) >= 11 is 0. The zero-order valence-electron chi connectivity index (χ0n) is 15.5. The molecule has 4 atom stereocenters. The predicted octanol–water partition coefficient (Wildman–Crippen LogP) is 2.72. The smallest absolute Gasteiger partial charge is 0.337 e. The average molecular weight is 373 g/mol. The van der Waals surface area contributed by atoms with Crippen LogP contribution in [0.25, 0.3) is 0 Å². The van der Waals surface area contributed by atoms with Crippen molar-refractivity contribution < 1.29 is 29.0 Å². The maximum absolute atomic E-state index is 12.9. The number of carboxylic acid groups (broad SMARTS) is 1. The summed E-state index contributed by atoms with van der Waals surface area (Å²) in [5.41, 5.74) is 0.596. The second-order valence-corrected chi connectivity index (χ2v) is 7.20. The lowest BCUT2D eigenvalue weighted by atomic mass is 9.82. The van der Waals surface area contributed by atoms with Gasteiger partial charge >= 0.3 is 11.9 Å². The van der Waals surface area contributed by atoms with Crippen LogP contribution in [-0.2, 0) is 14.3 Å². The Hall–Kier alpha value is -2.83. The monoisotopic (exact) mass is 373 g/mol. The van der Waals surface area contributed by atoms with E-state index in [4.69, 9.17) is 9.47 Å². The molecule has 1 amide bonds. The SMILES string of the molecule is COC(=O)c1ccc(OC(C)C)c(NC(=O)C2C3C=CC(C3)C2C(=O)O)c1. The minimum atomic E-state index is -0.964. The van der Waals surface area contributed by atoms with E-state index in [9.17, 15) is 19.5 Å². The van der Waals surface area contributed by atoms with Gasteiger partial charge in [0.2, 0.25) is 5.91 Å². The number of methoxy groups -OCH3 is 1. The number of carboxylic acids is 1. The first kappa shape index (κ1) is 18.9. The highest BCUT2D eigenvalue weighted by atomic mass is 16.5. The van der Waals surface area contributed by atoms with Crippen LogP contribution >= 0.6 is 0 Å². The molecule has 2 bridgehead atoms. The summed E-state index contributed by atoms with van der Waals surface area (Å²) < 4.78 is 10.4. The Morgan fingerprint density at radius 3 is 2.41 bits per heavy atom. The summed E-state index contributed by atoms with van der Waals surface area (Å²) in [4.78, 5) is 36.4. The molecule has 27 heavy (non-hydrogen) atoms. The van der Waals surface area contributed by atoms with Crippen LogP contribution in [0.5, 0.6) is 5.75 Å². The minimum absolute atomic E-state index is 0.0886. The third kappa shape index (κ3) is 3.67. The number of ether oxygens (including phenoxy) is 2. The molecule has 0 spiro atoms. The van der Waals surface area contributed by atoms with Gasteiger partial charge in [-0.1, -0.05) is 12.2 Å². The van der Waals surface area contributed by atoms with Crippen LogP contribution in [0.2, 0.25) is 0 Å². The van der Waals surface area contributed by atoms with Crippen LogP contribution in [0.3, 0.4) is 0 Å². The molecule has 0 heterocycles. The van der Waals surface area contributed by atoms with Gasteiger partial charge in [-0.3, -0.25) is 9.59 Å². The quantitative estimate of drug-likeness (QED) is 0.587. The van der Waals surface area contributed by atoms with Gasteiger partial charge in [-0.2, -0.15) is 0 Å². The molecule has 7 heteroatoms. The van der Waals surface area contributed by atoms with Gasteiger partial charge in [0.15, 0.2) is 0 Å². The average Bonchev–Trinajstić information content (AvgIpc) is 3.23. The highest BCUT2D eigenvalue weighted by Gasteiger charge is 2.51. The molecule has 144 valence electrons. The van der Waals surface area contributed by atoms with Crippen molar-refractivity contribution in [2.75, 3.05) is 12.4 Å². The van der Waals surface area contributed by atoms with E-state index in [2.05, 4.69) is 5.32 Å². The van der Waals surface area contributed by atoms with Crippen molar-refractivity contribution in [1.82, 2.24) is 0 Å².